The highest BCUT2D eigenvalue weighted by Crippen LogP contribution is 2.33. The molecule has 0 aromatic carbocycles. The third kappa shape index (κ3) is 32.3. The fourth-order valence-corrected chi connectivity index (χ4v) is 10.7. The lowest BCUT2D eigenvalue weighted by Crippen LogP contribution is -2.66. The van der Waals surface area contributed by atoms with Gasteiger partial charge in [0.05, 0.1) is 38.6 Å². The molecular weight excluding hydrogens is 1130 g/mol. The zero-order chi connectivity index (χ0) is 64.0. The van der Waals surface area contributed by atoms with Gasteiger partial charge in [0.25, 0.3) is 0 Å². The Morgan fingerprint density at radius 3 is 1.27 bits per heavy atom. The number of aliphatic hydroxyl groups excluding tert-OH is 11. The lowest BCUT2D eigenvalue weighted by atomic mass is 9.96. The number of carbonyl (C=O) groups is 1. The first kappa shape index (κ1) is 78.9. The molecule has 3 rings (SSSR count). The molecule has 0 spiro atoms. The molecule has 17 unspecified atom stereocenters. The van der Waals surface area contributed by atoms with E-state index < -0.39 is 124 Å². The summed E-state index contributed by atoms with van der Waals surface area (Å²) in [6.45, 7) is 1.57. The highest BCUT2D eigenvalue weighted by Gasteiger charge is 2.53. The highest BCUT2D eigenvalue weighted by atomic mass is 16.8. The Labute approximate surface area is 526 Å². The van der Waals surface area contributed by atoms with Crippen molar-refractivity contribution < 1.29 is 89.4 Å². The van der Waals surface area contributed by atoms with Crippen molar-refractivity contribution in [3.63, 3.8) is 0 Å². The molecule has 3 heterocycles. The first-order valence-corrected chi connectivity index (χ1v) is 33.5. The fourth-order valence-electron chi connectivity index (χ4n) is 10.7. The molecule has 0 saturated carbocycles. The Bertz CT molecular complexity index is 1970. The molecule has 0 aromatic rings. The van der Waals surface area contributed by atoms with Crippen LogP contribution >= 0.6 is 0 Å². The number of hydrogen-bond donors (Lipinski definition) is 12. The van der Waals surface area contributed by atoms with Gasteiger partial charge in [-0.05, 0) is 83.5 Å². The van der Waals surface area contributed by atoms with Crippen LogP contribution < -0.4 is 5.32 Å². The summed E-state index contributed by atoms with van der Waals surface area (Å²) in [7, 11) is 0. The van der Waals surface area contributed by atoms with E-state index in [9.17, 15) is 61.0 Å². The van der Waals surface area contributed by atoms with Gasteiger partial charge in [0.15, 0.2) is 18.9 Å². The highest BCUT2D eigenvalue weighted by molar-refractivity contribution is 5.76. The van der Waals surface area contributed by atoms with Gasteiger partial charge in [-0.15, -0.1) is 0 Å². The van der Waals surface area contributed by atoms with Crippen LogP contribution in [0.15, 0.2) is 97.2 Å². The lowest BCUT2D eigenvalue weighted by Gasteiger charge is -2.48. The van der Waals surface area contributed by atoms with Gasteiger partial charge in [0.2, 0.25) is 5.91 Å². The lowest BCUT2D eigenvalue weighted by molar-refractivity contribution is -0.379. The van der Waals surface area contributed by atoms with Gasteiger partial charge in [0.1, 0.15) is 73.2 Å². The second kappa shape index (κ2) is 50.3. The maximum atomic E-state index is 13.4. The summed E-state index contributed by atoms with van der Waals surface area (Å²) in [5, 5.41) is 120. The number of allylic oxidation sites excluding steroid dienone is 15. The first-order chi connectivity index (χ1) is 42.8. The van der Waals surface area contributed by atoms with E-state index in [-0.39, 0.29) is 18.9 Å². The van der Waals surface area contributed by atoms with Gasteiger partial charge in [-0.1, -0.05) is 207 Å². The summed E-state index contributed by atoms with van der Waals surface area (Å²) < 4.78 is 34.3. The average molecular weight is 1250 g/mol. The Morgan fingerprint density at radius 2 is 0.795 bits per heavy atom. The number of nitrogens with one attached hydrogen (secondary N) is 1. The monoisotopic (exact) mass is 1250 g/mol. The van der Waals surface area contributed by atoms with Crippen LogP contribution in [-0.2, 0) is 33.2 Å². The van der Waals surface area contributed by atoms with Crippen LogP contribution in [-0.4, -0.2) is 193 Å². The van der Waals surface area contributed by atoms with Crippen molar-refractivity contribution in [3.05, 3.63) is 97.2 Å². The normalized spacial score (nSPS) is 29.0. The molecular formula is C69H117NO18. The molecule has 19 nitrogen and oxygen atoms in total. The summed E-state index contributed by atoms with van der Waals surface area (Å²) in [5.41, 5.74) is 0. The second-order valence-electron chi connectivity index (χ2n) is 23.5. The van der Waals surface area contributed by atoms with Crippen LogP contribution in [0.2, 0.25) is 0 Å². The zero-order valence-corrected chi connectivity index (χ0v) is 53.2. The minimum Gasteiger partial charge on any atom is -0.394 e. The molecule has 1 amide bonds. The molecule has 0 aliphatic carbocycles. The summed E-state index contributed by atoms with van der Waals surface area (Å²) in [6, 6.07) is -1.01. The molecule has 12 N–H and O–H groups in total. The van der Waals surface area contributed by atoms with Crippen LogP contribution in [0, 0.1) is 0 Å². The van der Waals surface area contributed by atoms with Crippen LogP contribution in [0.1, 0.15) is 200 Å². The van der Waals surface area contributed by atoms with E-state index in [4.69, 9.17) is 28.4 Å². The molecule has 3 aliphatic rings. The van der Waals surface area contributed by atoms with Gasteiger partial charge >= 0.3 is 0 Å². The van der Waals surface area contributed by atoms with E-state index in [1.807, 2.05) is 6.08 Å². The largest absolute Gasteiger partial charge is 0.394 e. The van der Waals surface area contributed by atoms with Gasteiger partial charge in [-0.2, -0.15) is 0 Å². The van der Waals surface area contributed by atoms with Crippen LogP contribution in [0.4, 0.5) is 0 Å². The summed E-state index contributed by atoms with van der Waals surface area (Å²) in [5.74, 6) is -0.313. The zero-order valence-electron chi connectivity index (χ0n) is 53.2. The van der Waals surface area contributed by atoms with Crippen molar-refractivity contribution >= 4 is 5.91 Å². The Kier molecular flexibility index (Phi) is 45.1. The molecule has 0 bridgehead atoms. The van der Waals surface area contributed by atoms with Crippen LogP contribution in [0.25, 0.3) is 0 Å². The molecule has 3 saturated heterocycles. The predicted octanol–water partition coefficient (Wildman–Crippen LogP) is 8.10. The maximum absolute atomic E-state index is 13.4. The topological polar surface area (TPSA) is 307 Å². The minimum atomic E-state index is -1.99. The summed E-state index contributed by atoms with van der Waals surface area (Å²) in [4.78, 5) is 13.4. The molecule has 3 fully saturated rings. The number of ether oxygens (including phenoxy) is 6. The molecule has 88 heavy (non-hydrogen) atoms. The van der Waals surface area contributed by atoms with Gasteiger partial charge in [0, 0.05) is 6.42 Å². The van der Waals surface area contributed by atoms with E-state index in [0.29, 0.717) is 12.8 Å². The molecule has 0 aromatic heterocycles. The SMILES string of the molecule is CC/C=C\C/C=C\C/C=C\C/C=C\C/C=C\C/C=C\CCCCCCC(=O)NC(COC1OC(CO)C(OC2OC(CO)C(OC3OC(CO)C(O)C(O)C3O)C(O)C2O)C(O)C1O)C(O)/C=C/CC/C=C/CCCCCCCCCCCCCCCC. The third-order valence-corrected chi connectivity index (χ3v) is 16.1. The van der Waals surface area contributed by atoms with E-state index in [2.05, 4.69) is 104 Å². The van der Waals surface area contributed by atoms with Gasteiger partial charge in [-0.3, -0.25) is 4.79 Å². The predicted molar refractivity (Wildman–Crippen MR) is 341 cm³/mol. The van der Waals surface area contributed by atoms with E-state index in [1.54, 1.807) is 6.08 Å². The van der Waals surface area contributed by atoms with Gasteiger partial charge < -0.3 is 89.9 Å². The number of hydrogen-bond acceptors (Lipinski definition) is 18. The second-order valence-corrected chi connectivity index (χ2v) is 23.5. The Morgan fingerprint density at radius 1 is 0.420 bits per heavy atom. The molecule has 3 aliphatic heterocycles. The minimum absolute atomic E-state index is 0.200. The number of unbranched alkanes of at least 4 members (excludes halogenated alkanes) is 19. The standard InChI is InChI=1S/C69H117NO18/c1-3-5-7-9-11-13-15-17-19-21-23-25-26-27-29-31-33-35-37-39-41-43-45-47-57(75)70-52(53(74)46-44-42-40-38-36-34-32-30-28-24-22-20-18-16-14-12-10-8-6-4-2)51-83-67-63(81)60(78)65(55(49-72)85-67)88-69-64(82)61(79)66(56(50-73)86-69)87-68-62(80)59(77)58(76)54(48-71)84-68/h5,7,11,13,17,19,23,25,27,29,33,35-36,38,44,46,52-56,58-69,71-74,76-82H,3-4,6,8-10,12,14-16,18,20-22,24,26,28,30-32,34,37,39-43,45,47-51H2,1-2H3,(H,70,75)/b7-5-,13-11-,19-17-,25-23-,29-27-,35-33-,38-36+,46-44+. The molecule has 0 radical (unpaired) electrons. The first-order valence-electron chi connectivity index (χ1n) is 33.5. The number of rotatable bonds is 49. The van der Waals surface area contributed by atoms with Crippen molar-refractivity contribution in [2.45, 2.75) is 304 Å². The fraction of sp³-hybridized carbons (Fsp3) is 0.754. The summed E-state index contributed by atoms with van der Waals surface area (Å²) in [6.07, 6.45) is 38.0. The number of aliphatic hydroxyl groups is 11. The van der Waals surface area contributed by atoms with Crippen LogP contribution in [0.3, 0.4) is 0 Å². The van der Waals surface area contributed by atoms with Crippen molar-refractivity contribution in [1.29, 1.82) is 0 Å². The van der Waals surface area contributed by atoms with Crippen molar-refractivity contribution in [2.75, 3.05) is 26.4 Å². The van der Waals surface area contributed by atoms with Crippen LogP contribution in [0.5, 0.6) is 0 Å². The Hall–Kier alpha value is -3.29. The van der Waals surface area contributed by atoms with E-state index in [1.165, 1.54) is 83.5 Å². The quantitative estimate of drug-likeness (QED) is 0.0202. The number of carbonyl (C=O) groups excluding carboxylic acids is 1. The van der Waals surface area contributed by atoms with E-state index in [0.717, 1.165) is 83.5 Å². The van der Waals surface area contributed by atoms with Crippen molar-refractivity contribution in [1.82, 2.24) is 5.32 Å². The smallest absolute Gasteiger partial charge is 0.220 e. The van der Waals surface area contributed by atoms with E-state index >= 15 is 0 Å². The molecule has 506 valence electrons. The summed E-state index contributed by atoms with van der Waals surface area (Å²) >= 11 is 0. The average Bonchev–Trinajstić information content (AvgIpc) is 3.71. The number of amides is 1. The maximum Gasteiger partial charge on any atom is 0.220 e. The van der Waals surface area contributed by atoms with Gasteiger partial charge in [-0.25, -0.2) is 0 Å². The third-order valence-electron chi connectivity index (χ3n) is 16.1. The van der Waals surface area contributed by atoms with Crippen molar-refractivity contribution in [2.24, 2.45) is 0 Å². The Balaban J connectivity index is 1.49. The van der Waals surface area contributed by atoms with Crippen molar-refractivity contribution in [3.8, 4) is 0 Å². The molecule has 19 heteroatoms. The molecule has 17 atom stereocenters.